The zero-order chi connectivity index (χ0) is 21.3. The molecule has 0 bridgehead atoms. The maximum atomic E-state index is 12.4. The highest BCUT2D eigenvalue weighted by Gasteiger charge is 2.50. The molecule has 2 N–H and O–H groups in total. The van der Waals surface area contributed by atoms with Crippen LogP contribution in [0, 0.1) is 40.9 Å². The van der Waals surface area contributed by atoms with Crippen molar-refractivity contribution in [1.29, 1.82) is 5.26 Å². The topological polar surface area (TPSA) is 86.0 Å². The van der Waals surface area contributed by atoms with Gasteiger partial charge in [-0.25, -0.2) is 0 Å². The molecular formula is C25H27N3O2. The summed E-state index contributed by atoms with van der Waals surface area (Å²) >= 11 is 0. The Labute approximate surface area is 177 Å². The molecule has 30 heavy (non-hydrogen) atoms. The van der Waals surface area contributed by atoms with Gasteiger partial charge in [-0.15, -0.1) is 0 Å². The number of hydrogen-bond donors (Lipinski definition) is 2. The number of fused-ring (bicyclic) bond motifs is 1. The summed E-state index contributed by atoms with van der Waals surface area (Å²) in [6.07, 6.45) is 6.87. The number of aliphatic hydroxyl groups excluding tert-OH is 1. The van der Waals surface area contributed by atoms with Gasteiger partial charge in [-0.2, -0.15) is 5.26 Å². The molecule has 1 aromatic heterocycles. The zero-order valence-electron chi connectivity index (χ0n) is 17.3. The van der Waals surface area contributed by atoms with E-state index in [2.05, 4.69) is 36.3 Å². The molecule has 5 nitrogen and oxygen atoms in total. The number of rotatable bonds is 4. The number of nitrogens with one attached hydrogen (secondary N) is 1. The van der Waals surface area contributed by atoms with E-state index >= 15 is 0 Å². The van der Waals surface area contributed by atoms with Crippen LogP contribution < -0.4 is 5.32 Å². The maximum absolute atomic E-state index is 12.4. The number of pyridine rings is 1. The second-order valence-electron chi connectivity index (χ2n) is 8.62. The Balaban J connectivity index is 1.58. The van der Waals surface area contributed by atoms with Crippen LogP contribution in [0.2, 0.25) is 0 Å². The molecule has 2 aliphatic rings. The van der Waals surface area contributed by atoms with E-state index in [-0.39, 0.29) is 36.3 Å². The molecule has 1 aliphatic carbocycles. The van der Waals surface area contributed by atoms with Gasteiger partial charge in [0, 0.05) is 23.2 Å². The van der Waals surface area contributed by atoms with Crippen LogP contribution in [0.15, 0.2) is 48.7 Å². The van der Waals surface area contributed by atoms with Gasteiger partial charge >= 0.3 is 0 Å². The smallest absolute Gasteiger partial charge is 0.223 e. The van der Waals surface area contributed by atoms with E-state index in [9.17, 15) is 15.2 Å². The van der Waals surface area contributed by atoms with Crippen molar-refractivity contribution in [1.82, 2.24) is 10.3 Å². The summed E-state index contributed by atoms with van der Waals surface area (Å²) in [5, 5.41) is 22.1. The lowest BCUT2D eigenvalue weighted by Gasteiger charge is -2.41. The van der Waals surface area contributed by atoms with Crippen molar-refractivity contribution in [3.63, 3.8) is 0 Å². The maximum Gasteiger partial charge on any atom is 0.223 e. The number of allylic oxidation sites excluding steroid dienone is 1. The number of nitriles is 1. The summed E-state index contributed by atoms with van der Waals surface area (Å²) in [4.78, 5) is 17.0. The van der Waals surface area contributed by atoms with Gasteiger partial charge in [0.15, 0.2) is 0 Å². The molecule has 5 heteroatoms. The van der Waals surface area contributed by atoms with E-state index < -0.39 is 0 Å². The minimum absolute atomic E-state index is 0.0242. The van der Waals surface area contributed by atoms with Gasteiger partial charge in [0.05, 0.1) is 30.0 Å². The summed E-state index contributed by atoms with van der Waals surface area (Å²) in [5.41, 5.74) is 3.26. The normalized spacial score (nSPS) is 30.7. The Morgan fingerprint density at radius 3 is 2.77 bits per heavy atom. The van der Waals surface area contributed by atoms with E-state index in [1.807, 2.05) is 36.4 Å². The lowest BCUT2D eigenvalue weighted by atomic mass is 9.62. The number of aliphatic hydroxyl groups is 1. The van der Waals surface area contributed by atoms with Crippen LogP contribution in [-0.4, -0.2) is 28.6 Å². The first-order chi connectivity index (χ1) is 14.5. The predicted molar refractivity (Wildman–Crippen MR) is 116 cm³/mol. The second kappa shape index (κ2) is 8.41. The van der Waals surface area contributed by atoms with Crippen LogP contribution in [0.1, 0.15) is 31.5 Å². The third kappa shape index (κ3) is 3.64. The van der Waals surface area contributed by atoms with Gasteiger partial charge in [0.25, 0.3) is 0 Å². The number of benzene rings is 1. The largest absolute Gasteiger partial charge is 0.394 e. The molecule has 2 heterocycles. The van der Waals surface area contributed by atoms with E-state index in [1.165, 1.54) is 0 Å². The standard InChI is InChI=1S/C25H27N3O2/c1-15-11-22-24(23(14-29)28-25(22)30)20(16(15)2)10-9-19-8-7-18(13-27-19)21-6-4-3-5-17(21)12-26/h3-10,13,15-16,20,22-24,29H,11,14H2,1-2H3,(H,28,30)/b10-9+/t15?,16-,20+,22?,23-,24+/m1/s1. The molecule has 6 atom stereocenters. The number of aromatic nitrogens is 1. The van der Waals surface area contributed by atoms with Gasteiger partial charge in [-0.1, -0.05) is 44.2 Å². The Morgan fingerprint density at radius 1 is 1.27 bits per heavy atom. The Hall–Kier alpha value is -2.97. The van der Waals surface area contributed by atoms with Gasteiger partial charge in [-0.3, -0.25) is 9.78 Å². The lowest BCUT2D eigenvalue weighted by Crippen LogP contribution is -2.42. The fourth-order valence-electron chi connectivity index (χ4n) is 5.16. The van der Waals surface area contributed by atoms with E-state index in [4.69, 9.17) is 0 Å². The number of carbonyl (C=O) groups excluding carboxylic acids is 1. The van der Waals surface area contributed by atoms with Crippen molar-refractivity contribution in [3.8, 4) is 17.2 Å². The molecule has 2 fully saturated rings. The Kier molecular flexibility index (Phi) is 5.69. The molecule has 0 radical (unpaired) electrons. The minimum atomic E-state index is -0.176. The predicted octanol–water partition coefficient (Wildman–Crippen LogP) is 3.65. The van der Waals surface area contributed by atoms with Crippen LogP contribution in [0.25, 0.3) is 17.2 Å². The fourth-order valence-corrected chi connectivity index (χ4v) is 5.16. The number of amides is 1. The monoisotopic (exact) mass is 401 g/mol. The number of hydrogen-bond acceptors (Lipinski definition) is 4. The highest BCUT2D eigenvalue weighted by molar-refractivity contribution is 5.82. The third-order valence-electron chi connectivity index (χ3n) is 7.00. The molecule has 2 unspecified atom stereocenters. The average molecular weight is 402 g/mol. The van der Waals surface area contributed by atoms with Gasteiger partial charge in [0.2, 0.25) is 5.91 Å². The quantitative estimate of drug-likeness (QED) is 0.819. The molecule has 1 aromatic carbocycles. The first-order valence-electron chi connectivity index (χ1n) is 10.6. The van der Waals surface area contributed by atoms with Crippen molar-refractivity contribution >= 4 is 12.0 Å². The first kappa shape index (κ1) is 20.3. The molecule has 1 amide bonds. The molecule has 0 spiro atoms. The van der Waals surface area contributed by atoms with Crippen molar-refractivity contribution in [2.75, 3.05) is 6.61 Å². The highest BCUT2D eigenvalue weighted by atomic mass is 16.3. The van der Waals surface area contributed by atoms with Crippen molar-refractivity contribution in [3.05, 3.63) is 59.9 Å². The van der Waals surface area contributed by atoms with Crippen LogP contribution in [0.5, 0.6) is 0 Å². The van der Waals surface area contributed by atoms with E-state index in [0.717, 1.165) is 23.2 Å². The second-order valence-corrected chi connectivity index (χ2v) is 8.62. The molecule has 2 aromatic rings. The van der Waals surface area contributed by atoms with E-state index in [1.54, 1.807) is 12.3 Å². The molecule has 1 saturated heterocycles. The van der Waals surface area contributed by atoms with Gasteiger partial charge < -0.3 is 10.4 Å². The molecular weight excluding hydrogens is 374 g/mol. The summed E-state index contributed by atoms with van der Waals surface area (Å²) in [6, 6.07) is 13.5. The molecule has 1 aliphatic heterocycles. The van der Waals surface area contributed by atoms with Crippen molar-refractivity contribution < 1.29 is 9.90 Å². The Morgan fingerprint density at radius 2 is 2.07 bits per heavy atom. The lowest BCUT2D eigenvalue weighted by molar-refractivity contribution is -0.124. The zero-order valence-corrected chi connectivity index (χ0v) is 17.3. The SMILES string of the molecule is CC1CC2C(=O)N[C@H](CO)[C@H]2[C@@H](/C=C/c2ccc(-c3ccccc3C#N)cn2)[C@@H]1C. The fraction of sp³-hybridized carbons (Fsp3) is 0.400. The first-order valence-corrected chi connectivity index (χ1v) is 10.6. The highest BCUT2D eigenvalue weighted by Crippen LogP contribution is 2.47. The van der Waals surface area contributed by atoms with Crippen LogP contribution >= 0.6 is 0 Å². The van der Waals surface area contributed by atoms with Gasteiger partial charge in [0.1, 0.15) is 0 Å². The third-order valence-corrected chi connectivity index (χ3v) is 7.00. The number of nitrogens with zero attached hydrogens (tertiary/aromatic N) is 2. The molecule has 154 valence electrons. The van der Waals surface area contributed by atoms with E-state index in [0.29, 0.717) is 17.4 Å². The summed E-state index contributed by atoms with van der Waals surface area (Å²) in [6.45, 7) is 4.42. The summed E-state index contributed by atoms with van der Waals surface area (Å²) in [5.74, 6) is 1.24. The minimum Gasteiger partial charge on any atom is -0.394 e. The number of carbonyl (C=O) groups is 1. The molecule has 1 saturated carbocycles. The van der Waals surface area contributed by atoms with Crippen LogP contribution in [0.3, 0.4) is 0 Å². The van der Waals surface area contributed by atoms with Crippen LogP contribution in [-0.2, 0) is 4.79 Å². The van der Waals surface area contributed by atoms with Crippen LogP contribution in [0.4, 0.5) is 0 Å². The Bertz CT molecular complexity index is 992. The summed E-state index contributed by atoms with van der Waals surface area (Å²) < 4.78 is 0. The van der Waals surface area contributed by atoms with Gasteiger partial charge in [-0.05, 0) is 48.3 Å². The average Bonchev–Trinajstić information content (AvgIpc) is 3.09. The summed E-state index contributed by atoms with van der Waals surface area (Å²) in [7, 11) is 0. The van der Waals surface area contributed by atoms with Crippen molar-refractivity contribution in [2.24, 2.45) is 29.6 Å². The van der Waals surface area contributed by atoms with Crippen molar-refractivity contribution in [2.45, 2.75) is 26.3 Å². The molecule has 4 rings (SSSR count).